The van der Waals surface area contributed by atoms with Crippen molar-refractivity contribution in [1.29, 1.82) is 5.26 Å². The Morgan fingerprint density at radius 2 is 2.33 bits per heavy atom. The maximum Gasteiger partial charge on any atom is 0.368 e. The first-order valence-electron chi connectivity index (χ1n) is 4.52. The second kappa shape index (κ2) is 3.71. The van der Waals surface area contributed by atoms with Crippen molar-refractivity contribution in [2.45, 2.75) is 19.1 Å². The molecule has 2 rings (SSSR count). The Morgan fingerprint density at radius 3 is 3.07 bits per heavy atom. The first kappa shape index (κ1) is 9.68. The van der Waals surface area contributed by atoms with Crippen LogP contribution in [0.3, 0.4) is 0 Å². The van der Waals surface area contributed by atoms with E-state index in [-0.39, 0.29) is 5.57 Å². The van der Waals surface area contributed by atoms with Crippen LogP contribution in [-0.2, 0) is 19.2 Å². The lowest BCUT2D eigenvalue weighted by Crippen LogP contribution is -2.37. The van der Waals surface area contributed by atoms with Gasteiger partial charge in [0.1, 0.15) is 11.6 Å². The Labute approximate surface area is 85.6 Å². The van der Waals surface area contributed by atoms with E-state index in [0.717, 1.165) is 12.5 Å². The van der Waals surface area contributed by atoms with Gasteiger partial charge in [-0.15, -0.1) is 0 Å². The number of nitrogens with zero attached hydrogens (tertiary/aromatic N) is 2. The second-order valence-corrected chi connectivity index (χ2v) is 3.22. The summed E-state index contributed by atoms with van der Waals surface area (Å²) in [6.07, 6.45) is 1.76. The third-order valence-corrected chi connectivity index (χ3v) is 2.21. The van der Waals surface area contributed by atoms with Crippen molar-refractivity contribution < 1.29 is 19.2 Å². The topological polar surface area (TPSA) is 79.6 Å². The third kappa shape index (κ3) is 1.82. The van der Waals surface area contributed by atoms with Gasteiger partial charge in [-0.05, 0) is 6.42 Å². The van der Waals surface area contributed by atoms with Crippen LogP contribution in [0.15, 0.2) is 11.6 Å². The number of hydrogen-bond acceptors (Lipinski definition) is 6. The highest BCUT2D eigenvalue weighted by molar-refractivity contribution is 5.99. The van der Waals surface area contributed by atoms with Crippen LogP contribution < -0.4 is 0 Å². The van der Waals surface area contributed by atoms with Gasteiger partial charge in [-0.25, -0.2) is 9.59 Å². The number of nitriles is 1. The Kier molecular flexibility index (Phi) is 2.39. The van der Waals surface area contributed by atoms with Crippen molar-refractivity contribution >= 4 is 11.9 Å². The predicted molar refractivity (Wildman–Crippen MR) is 45.6 cm³/mol. The Bertz CT molecular complexity index is 382. The highest BCUT2D eigenvalue weighted by Crippen LogP contribution is 2.21. The van der Waals surface area contributed by atoms with Gasteiger partial charge >= 0.3 is 11.9 Å². The molecule has 6 heteroatoms. The van der Waals surface area contributed by atoms with Gasteiger partial charge in [-0.2, -0.15) is 5.26 Å². The fourth-order valence-corrected chi connectivity index (χ4v) is 1.51. The molecule has 2 aliphatic rings. The number of hydroxylamine groups is 2. The van der Waals surface area contributed by atoms with Crippen molar-refractivity contribution in [3.05, 3.63) is 11.6 Å². The molecular formula is C9H8N2O4. The zero-order valence-electron chi connectivity index (χ0n) is 7.80. The van der Waals surface area contributed by atoms with Crippen molar-refractivity contribution in [3.63, 3.8) is 0 Å². The first-order valence-corrected chi connectivity index (χ1v) is 4.52. The average molecular weight is 208 g/mol. The Hall–Kier alpha value is -1.87. The molecule has 15 heavy (non-hydrogen) atoms. The van der Waals surface area contributed by atoms with E-state index in [0.29, 0.717) is 13.0 Å². The maximum absolute atomic E-state index is 11.3. The summed E-state index contributed by atoms with van der Waals surface area (Å²) < 4.78 is 4.98. The van der Waals surface area contributed by atoms with Crippen molar-refractivity contribution in [2.24, 2.45) is 0 Å². The van der Waals surface area contributed by atoms with Gasteiger partial charge in [-0.3, -0.25) is 0 Å². The molecule has 0 aliphatic carbocycles. The molecule has 1 fully saturated rings. The van der Waals surface area contributed by atoms with Crippen LogP contribution in [-0.4, -0.2) is 29.8 Å². The van der Waals surface area contributed by atoms with Crippen molar-refractivity contribution in [1.82, 2.24) is 5.06 Å². The first-order chi connectivity index (χ1) is 7.20. The van der Waals surface area contributed by atoms with E-state index in [9.17, 15) is 9.59 Å². The quantitative estimate of drug-likeness (QED) is 0.516. The normalized spacial score (nSPS) is 30.1. The van der Waals surface area contributed by atoms with E-state index >= 15 is 0 Å². The molecule has 0 N–H and O–H groups in total. The van der Waals surface area contributed by atoms with Crippen LogP contribution in [0.2, 0.25) is 0 Å². The van der Waals surface area contributed by atoms with Gasteiger partial charge in [-0.1, -0.05) is 5.06 Å². The number of esters is 1. The fraction of sp³-hybridized carbons (Fsp3) is 0.444. The molecule has 1 unspecified atom stereocenters. The van der Waals surface area contributed by atoms with Gasteiger partial charge in [0, 0.05) is 19.0 Å². The molecule has 0 spiro atoms. The van der Waals surface area contributed by atoms with Crippen LogP contribution in [0.5, 0.6) is 0 Å². The van der Waals surface area contributed by atoms with Crippen LogP contribution in [0.4, 0.5) is 0 Å². The number of rotatable bonds is 0. The monoisotopic (exact) mass is 208 g/mol. The SMILES string of the molecule is N#C/C1=C/C(=O)OC2CCCN2OC1=O. The van der Waals surface area contributed by atoms with Gasteiger partial charge in [0.2, 0.25) is 0 Å². The highest BCUT2D eigenvalue weighted by atomic mass is 16.7. The van der Waals surface area contributed by atoms with Crippen LogP contribution >= 0.6 is 0 Å². The zero-order chi connectivity index (χ0) is 10.8. The van der Waals surface area contributed by atoms with E-state index < -0.39 is 18.2 Å². The Morgan fingerprint density at radius 1 is 1.53 bits per heavy atom. The minimum Gasteiger partial charge on any atom is -0.440 e. The number of carbonyl (C=O) groups excluding carboxylic acids is 2. The summed E-state index contributed by atoms with van der Waals surface area (Å²) in [5, 5.41) is 9.89. The van der Waals surface area contributed by atoms with Crippen LogP contribution in [0.25, 0.3) is 0 Å². The smallest absolute Gasteiger partial charge is 0.368 e. The summed E-state index contributed by atoms with van der Waals surface area (Å²) in [7, 11) is 0. The van der Waals surface area contributed by atoms with Gasteiger partial charge in [0.15, 0.2) is 6.23 Å². The second-order valence-electron chi connectivity index (χ2n) is 3.22. The van der Waals surface area contributed by atoms with Crippen molar-refractivity contribution in [3.8, 4) is 6.07 Å². The number of ether oxygens (including phenoxy) is 1. The third-order valence-electron chi connectivity index (χ3n) is 2.21. The number of carbonyl (C=O) groups is 2. The summed E-state index contributed by atoms with van der Waals surface area (Å²) in [5.74, 6) is -1.49. The molecule has 0 aromatic rings. The molecule has 0 bridgehead atoms. The minimum absolute atomic E-state index is 0.342. The number of fused-ring (bicyclic) bond motifs is 1. The molecule has 1 saturated heterocycles. The van der Waals surface area contributed by atoms with E-state index in [4.69, 9.17) is 14.8 Å². The molecule has 78 valence electrons. The largest absolute Gasteiger partial charge is 0.440 e. The highest BCUT2D eigenvalue weighted by Gasteiger charge is 2.33. The molecule has 0 aromatic carbocycles. The van der Waals surface area contributed by atoms with E-state index in [1.165, 1.54) is 5.06 Å². The summed E-state index contributed by atoms with van der Waals surface area (Å²) >= 11 is 0. The summed E-state index contributed by atoms with van der Waals surface area (Å²) in [6, 6.07) is 1.59. The molecule has 0 radical (unpaired) electrons. The lowest BCUT2D eigenvalue weighted by molar-refractivity contribution is -0.225. The molecule has 6 nitrogen and oxygen atoms in total. The minimum atomic E-state index is -0.805. The fourth-order valence-electron chi connectivity index (χ4n) is 1.51. The van der Waals surface area contributed by atoms with Gasteiger partial charge in [0.05, 0.1) is 0 Å². The summed E-state index contributed by atoms with van der Waals surface area (Å²) in [4.78, 5) is 27.4. The summed E-state index contributed by atoms with van der Waals surface area (Å²) in [5.41, 5.74) is -0.342. The zero-order valence-corrected chi connectivity index (χ0v) is 7.80. The molecule has 0 amide bonds. The average Bonchev–Trinajstić information content (AvgIpc) is 2.59. The van der Waals surface area contributed by atoms with Crippen LogP contribution in [0, 0.1) is 11.3 Å². The van der Waals surface area contributed by atoms with Gasteiger partial charge in [0.25, 0.3) is 0 Å². The number of hydrogen-bond donors (Lipinski definition) is 0. The molecular weight excluding hydrogens is 200 g/mol. The summed E-state index contributed by atoms with van der Waals surface area (Å²) in [6.45, 7) is 0.516. The van der Waals surface area contributed by atoms with Crippen molar-refractivity contribution in [2.75, 3.05) is 6.54 Å². The molecule has 2 heterocycles. The maximum atomic E-state index is 11.3. The molecule has 1 atom stereocenters. The van der Waals surface area contributed by atoms with E-state index in [1.807, 2.05) is 0 Å². The van der Waals surface area contributed by atoms with E-state index in [1.54, 1.807) is 6.07 Å². The lowest BCUT2D eigenvalue weighted by Gasteiger charge is -2.23. The standard InChI is InChI=1S/C9H8N2O4/c10-5-6-4-8(12)14-7-2-1-3-11(7)15-9(6)13/h4,7H,1-3H2/b6-4-. The van der Waals surface area contributed by atoms with Gasteiger partial charge < -0.3 is 9.57 Å². The van der Waals surface area contributed by atoms with Crippen LogP contribution in [0.1, 0.15) is 12.8 Å². The molecule has 0 aromatic heterocycles. The molecule has 2 aliphatic heterocycles. The molecule has 0 saturated carbocycles. The predicted octanol–water partition coefficient (Wildman–Crippen LogP) is -0.127. The van der Waals surface area contributed by atoms with E-state index in [2.05, 4.69) is 0 Å². The Balaban J connectivity index is 2.26. The lowest BCUT2D eigenvalue weighted by atomic mass is 10.3.